The van der Waals surface area contributed by atoms with Crippen LogP contribution in [0.5, 0.6) is 0 Å². The lowest BCUT2D eigenvalue weighted by Crippen LogP contribution is -2.49. The standard InChI is InChI=1S/C9H20N2O4S2/c1-2-3-5-17(14,15)11-8-9-7-10-4-6-16(9,12)13/h9-11H,2-8H2,1H3. The van der Waals surface area contributed by atoms with Gasteiger partial charge in [0.2, 0.25) is 10.0 Å². The van der Waals surface area contributed by atoms with Crippen molar-refractivity contribution in [3.8, 4) is 0 Å². The van der Waals surface area contributed by atoms with Gasteiger partial charge in [-0.2, -0.15) is 0 Å². The molecule has 0 aromatic heterocycles. The highest BCUT2D eigenvalue weighted by molar-refractivity contribution is 7.92. The number of nitrogens with one attached hydrogen (secondary N) is 2. The Hall–Kier alpha value is -0.180. The van der Waals surface area contributed by atoms with E-state index in [-0.39, 0.29) is 18.1 Å². The molecule has 1 unspecified atom stereocenters. The monoisotopic (exact) mass is 284 g/mol. The van der Waals surface area contributed by atoms with E-state index in [0.717, 1.165) is 6.42 Å². The molecule has 6 nitrogen and oxygen atoms in total. The molecule has 17 heavy (non-hydrogen) atoms. The van der Waals surface area contributed by atoms with Crippen molar-refractivity contribution in [3.63, 3.8) is 0 Å². The van der Waals surface area contributed by atoms with Crippen LogP contribution in [-0.4, -0.2) is 53.2 Å². The second kappa shape index (κ2) is 6.12. The van der Waals surface area contributed by atoms with Gasteiger partial charge in [-0.25, -0.2) is 21.6 Å². The van der Waals surface area contributed by atoms with E-state index in [2.05, 4.69) is 10.0 Å². The van der Waals surface area contributed by atoms with E-state index in [1.165, 1.54) is 0 Å². The van der Waals surface area contributed by atoms with Crippen LogP contribution >= 0.6 is 0 Å². The van der Waals surface area contributed by atoms with Gasteiger partial charge < -0.3 is 5.32 Å². The molecule has 1 rings (SSSR count). The smallest absolute Gasteiger partial charge is 0.211 e. The Labute approximate surface area is 103 Å². The molecule has 0 aliphatic carbocycles. The van der Waals surface area contributed by atoms with Gasteiger partial charge in [0, 0.05) is 19.6 Å². The summed E-state index contributed by atoms with van der Waals surface area (Å²) in [6, 6.07) is 0. The predicted molar refractivity (Wildman–Crippen MR) is 67.1 cm³/mol. The summed E-state index contributed by atoms with van der Waals surface area (Å²) < 4.78 is 48.7. The van der Waals surface area contributed by atoms with Crippen molar-refractivity contribution in [2.24, 2.45) is 0 Å². The Morgan fingerprint density at radius 3 is 2.71 bits per heavy atom. The SMILES string of the molecule is CCCCS(=O)(=O)NCC1CNCCS1(=O)=O. The molecule has 0 aromatic carbocycles. The molecular formula is C9H20N2O4S2. The zero-order valence-corrected chi connectivity index (χ0v) is 11.6. The Morgan fingerprint density at radius 1 is 1.41 bits per heavy atom. The zero-order chi connectivity index (χ0) is 12.9. The number of sulfone groups is 1. The third-order valence-corrected chi connectivity index (χ3v) is 6.30. The summed E-state index contributed by atoms with van der Waals surface area (Å²) in [5.41, 5.74) is 0. The van der Waals surface area contributed by atoms with Crippen LogP contribution in [0.1, 0.15) is 19.8 Å². The van der Waals surface area contributed by atoms with Crippen LogP contribution in [0, 0.1) is 0 Å². The molecule has 1 atom stereocenters. The molecule has 0 amide bonds. The van der Waals surface area contributed by atoms with Crippen molar-refractivity contribution in [2.75, 3.05) is 31.1 Å². The lowest BCUT2D eigenvalue weighted by molar-refractivity contribution is 0.536. The molecule has 1 saturated heterocycles. The fourth-order valence-corrected chi connectivity index (χ4v) is 4.44. The topological polar surface area (TPSA) is 92.3 Å². The van der Waals surface area contributed by atoms with E-state index in [9.17, 15) is 16.8 Å². The first kappa shape index (κ1) is 14.9. The maximum atomic E-state index is 11.6. The number of sulfonamides is 1. The highest BCUT2D eigenvalue weighted by Crippen LogP contribution is 2.05. The third kappa shape index (κ3) is 4.90. The second-order valence-electron chi connectivity index (χ2n) is 4.21. The minimum atomic E-state index is -3.34. The molecule has 0 radical (unpaired) electrons. The maximum absolute atomic E-state index is 11.6. The normalized spacial score (nSPS) is 24.6. The van der Waals surface area contributed by atoms with Gasteiger partial charge in [-0.3, -0.25) is 0 Å². The van der Waals surface area contributed by atoms with Crippen molar-refractivity contribution in [1.82, 2.24) is 10.0 Å². The lowest BCUT2D eigenvalue weighted by Gasteiger charge is -2.23. The molecule has 2 N–H and O–H groups in total. The number of rotatable bonds is 6. The van der Waals surface area contributed by atoms with Crippen LogP contribution in [0.2, 0.25) is 0 Å². The first-order valence-corrected chi connectivity index (χ1v) is 9.14. The molecule has 0 spiro atoms. The quantitative estimate of drug-likeness (QED) is 0.659. The van der Waals surface area contributed by atoms with Gasteiger partial charge in [0.15, 0.2) is 9.84 Å². The van der Waals surface area contributed by atoms with E-state index < -0.39 is 25.1 Å². The zero-order valence-electron chi connectivity index (χ0n) is 9.98. The first-order valence-electron chi connectivity index (χ1n) is 5.77. The van der Waals surface area contributed by atoms with Crippen molar-refractivity contribution >= 4 is 19.9 Å². The van der Waals surface area contributed by atoms with Crippen molar-refractivity contribution in [2.45, 2.75) is 25.0 Å². The predicted octanol–water partition coefficient (Wildman–Crippen LogP) is -0.907. The molecule has 8 heteroatoms. The lowest BCUT2D eigenvalue weighted by atomic mass is 10.4. The average Bonchev–Trinajstić information content (AvgIpc) is 2.24. The highest BCUT2D eigenvalue weighted by Gasteiger charge is 2.29. The highest BCUT2D eigenvalue weighted by atomic mass is 32.2. The van der Waals surface area contributed by atoms with Crippen molar-refractivity contribution in [1.29, 1.82) is 0 Å². The summed E-state index contributed by atoms with van der Waals surface area (Å²) in [7, 11) is -6.49. The van der Waals surface area contributed by atoms with Gasteiger partial charge in [0.1, 0.15) is 0 Å². The van der Waals surface area contributed by atoms with Crippen molar-refractivity contribution in [3.05, 3.63) is 0 Å². The number of unbranched alkanes of at least 4 members (excludes halogenated alkanes) is 1. The summed E-state index contributed by atoms with van der Waals surface area (Å²) in [5.74, 6) is 0.137. The largest absolute Gasteiger partial charge is 0.314 e. The van der Waals surface area contributed by atoms with E-state index >= 15 is 0 Å². The summed E-state index contributed by atoms with van der Waals surface area (Å²) in [6.07, 6.45) is 1.38. The summed E-state index contributed by atoms with van der Waals surface area (Å²) >= 11 is 0. The summed E-state index contributed by atoms with van der Waals surface area (Å²) in [5, 5.41) is 2.31. The van der Waals surface area contributed by atoms with E-state index in [1.807, 2.05) is 6.92 Å². The van der Waals surface area contributed by atoms with Gasteiger partial charge >= 0.3 is 0 Å². The van der Waals surface area contributed by atoms with Gasteiger partial charge in [-0.05, 0) is 6.42 Å². The minimum absolute atomic E-state index is 0.0264. The van der Waals surface area contributed by atoms with Gasteiger partial charge in [-0.1, -0.05) is 13.3 Å². The fourth-order valence-electron chi connectivity index (χ4n) is 1.60. The second-order valence-corrected chi connectivity index (χ2v) is 8.54. The Kier molecular flexibility index (Phi) is 5.36. The van der Waals surface area contributed by atoms with Gasteiger partial charge in [-0.15, -0.1) is 0 Å². The summed E-state index contributed by atoms with van der Waals surface area (Å²) in [4.78, 5) is 0. The Balaban J connectivity index is 2.50. The van der Waals surface area contributed by atoms with Crippen LogP contribution in [0.3, 0.4) is 0 Å². The molecule has 102 valence electrons. The van der Waals surface area contributed by atoms with Gasteiger partial charge in [0.25, 0.3) is 0 Å². The van der Waals surface area contributed by atoms with E-state index in [4.69, 9.17) is 0 Å². The molecule has 1 heterocycles. The third-order valence-electron chi connectivity index (χ3n) is 2.74. The maximum Gasteiger partial charge on any atom is 0.211 e. The first-order chi connectivity index (χ1) is 7.87. The molecule has 0 saturated carbocycles. The number of hydrogen-bond donors (Lipinski definition) is 2. The Morgan fingerprint density at radius 2 is 2.12 bits per heavy atom. The number of hydrogen-bond acceptors (Lipinski definition) is 5. The fraction of sp³-hybridized carbons (Fsp3) is 1.00. The van der Waals surface area contributed by atoms with E-state index in [0.29, 0.717) is 19.5 Å². The molecular weight excluding hydrogens is 264 g/mol. The molecule has 0 bridgehead atoms. The van der Waals surface area contributed by atoms with E-state index in [1.54, 1.807) is 0 Å². The van der Waals surface area contributed by atoms with Crippen molar-refractivity contribution < 1.29 is 16.8 Å². The summed E-state index contributed by atoms with van der Waals surface area (Å²) in [6.45, 7) is 2.65. The van der Waals surface area contributed by atoms with Crippen LogP contribution < -0.4 is 10.0 Å². The van der Waals surface area contributed by atoms with Crippen LogP contribution in [0.15, 0.2) is 0 Å². The Bertz CT molecular complexity index is 430. The molecule has 1 fully saturated rings. The minimum Gasteiger partial charge on any atom is -0.314 e. The van der Waals surface area contributed by atoms with Crippen LogP contribution in [0.4, 0.5) is 0 Å². The molecule has 1 aliphatic heterocycles. The molecule has 0 aromatic rings. The van der Waals surface area contributed by atoms with Crippen LogP contribution in [0.25, 0.3) is 0 Å². The van der Waals surface area contributed by atoms with Gasteiger partial charge in [0.05, 0.1) is 16.8 Å². The molecule has 1 aliphatic rings. The van der Waals surface area contributed by atoms with Crippen LogP contribution in [-0.2, 0) is 19.9 Å². The average molecular weight is 284 g/mol.